The van der Waals surface area contributed by atoms with E-state index in [9.17, 15) is 5.26 Å². The minimum absolute atomic E-state index is 0.479. The van der Waals surface area contributed by atoms with E-state index in [1.807, 2.05) is 53.9 Å². The molecule has 29 heavy (non-hydrogen) atoms. The zero-order chi connectivity index (χ0) is 20.5. The molecule has 0 unspecified atom stereocenters. The monoisotopic (exact) mass is 405 g/mol. The van der Waals surface area contributed by atoms with Crippen LogP contribution in [-0.2, 0) is 0 Å². The van der Waals surface area contributed by atoms with E-state index in [1.165, 1.54) is 11.3 Å². The third-order valence-corrected chi connectivity index (χ3v) is 5.10. The minimum Gasteiger partial charge on any atom is -0.497 e. The first kappa shape index (κ1) is 20.4. The standard InChI is InChI=1S/C23H23N3O2S/c1-3-4-12-28-21-7-5-6-19(13-21)25-15-18(14-24)23-26-22(16-29-23)17-8-10-20(27-2)11-9-17/h5-11,13,15-16,25H,3-4,12H2,1-2H3/b18-15+. The average Bonchev–Trinajstić information content (AvgIpc) is 3.25. The predicted molar refractivity (Wildman–Crippen MR) is 118 cm³/mol. The fourth-order valence-corrected chi connectivity index (χ4v) is 3.39. The highest BCUT2D eigenvalue weighted by molar-refractivity contribution is 7.11. The van der Waals surface area contributed by atoms with Gasteiger partial charge >= 0.3 is 0 Å². The van der Waals surface area contributed by atoms with Gasteiger partial charge in [0.2, 0.25) is 0 Å². The van der Waals surface area contributed by atoms with Gasteiger partial charge in [-0.1, -0.05) is 19.4 Å². The molecule has 0 spiro atoms. The Hall–Kier alpha value is -3.30. The summed E-state index contributed by atoms with van der Waals surface area (Å²) in [5.74, 6) is 1.61. The molecule has 0 fully saturated rings. The molecule has 1 aromatic heterocycles. The average molecular weight is 406 g/mol. The molecule has 0 bridgehead atoms. The van der Waals surface area contributed by atoms with Gasteiger partial charge in [-0.15, -0.1) is 11.3 Å². The number of rotatable bonds is 9. The topological polar surface area (TPSA) is 67.2 Å². The maximum absolute atomic E-state index is 9.57. The van der Waals surface area contributed by atoms with Crippen LogP contribution in [0.3, 0.4) is 0 Å². The normalized spacial score (nSPS) is 11.0. The van der Waals surface area contributed by atoms with Gasteiger partial charge < -0.3 is 14.8 Å². The van der Waals surface area contributed by atoms with Gasteiger partial charge in [0.1, 0.15) is 28.1 Å². The first-order valence-corrected chi connectivity index (χ1v) is 10.3. The Labute approximate surface area is 175 Å². The lowest BCUT2D eigenvalue weighted by Gasteiger charge is -2.07. The van der Waals surface area contributed by atoms with E-state index in [1.54, 1.807) is 13.3 Å². The highest BCUT2D eigenvalue weighted by Gasteiger charge is 2.09. The van der Waals surface area contributed by atoms with Crippen molar-refractivity contribution >= 4 is 22.6 Å². The van der Waals surface area contributed by atoms with Crippen LogP contribution in [0.2, 0.25) is 0 Å². The van der Waals surface area contributed by atoms with Gasteiger partial charge in [0.15, 0.2) is 0 Å². The number of benzene rings is 2. The molecule has 0 saturated carbocycles. The molecule has 6 heteroatoms. The van der Waals surface area contributed by atoms with E-state index in [2.05, 4.69) is 23.3 Å². The zero-order valence-corrected chi connectivity index (χ0v) is 17.3. The van der Waals surface area contributed by atoms with Crippen molar-refractivity contribution in [2.45, 2.75) is 19.8 Å². The third kappa shape index (κ3) is 5.59. The van der Waals surface area contributed by atoms with Gasteiger partial charge in [-0.2, -0.15) is 5.26 Å². The first-order valence-electron chi connectivity index (χ1n) is 9.43. The maximum Gasteiger partial charge on any atom is 0.136 e. The molecular formula is C23H23N3O2S. The van der Waals surface area contributed by atoms with Crippen LogP contribution in [0, 0.1) is 11.3 Å². The molecule has 1 N–H and O–H groups in total. The lowest BCUT2D eigenvalue weighted by molar-refractivity contribution is 0.309. The van der Waals surface area contributed by atoms with Crippen LogP contribution in [0.15, 0.2) is 60.1 Å². The summed E-state index contributed by atoms with van der Waals surface area (Å²) in [5, 5.41) is 15.4. The number of unbranched alkanes of at least 4 members (excludes halogenated alkanes) is 1. The predicted octanol–water partition coefficient (Wildman–Crippen LogP) is 5.97. The summed E-state index contributed by atoms with van der Waals surface area (Å²) < 4.78 is 10.9. The summed E-state index contributed by atoms with van der Waals surface area (Å²) in [7, 11) is 1.64. The van der Waals surface area contributed by atoms with Gasteiger partial charge in [0, 0.05) is 28.9 Å². The number of hydrogen-bond acceptors (Lipinski definition) is 6. The lowest BCUT2D eigenvalue weighted by Crippen LogP contribution is -1.97. The van der Waals surface area contributed by atoms with Crippen molar-refractivity contribution in [1.29, 1.82) is 5.26 Å². The van der Waals surface area contributed by atoms with Gasteiger partial charge in [0.05, 0.1) is 19.4 Å². The molecule has 3 rings (SSSR count). The highest BCUT2D eigenvalue weighted by Crippen LogP contribution is 2.27. The van der Waals surface area contributed by atoms with Crippen molar-refractivity contribution in [2.24, 2.45) is 0 Å². The van der Waals surface area contributed by atoms with Crippen molar-refractivity contribution in [2.75, 3.05) is 19.0 Å². The number of methoxy groups -OCH3 is 1. The Kier molecular flexibility index (Phi) is 7.26. The Morgan fingerprint density at radius 1 is 1.21 bits per heavy atom. The maximum atomic E-state index is 9.57. The molecule has 0 aliphatic carbocycles. The van der Waals surface area contributed by atoms with E-state index in [0.29, 0.717) is 17.2 Å². The Morgan fingerprint density at radius 3 is 2.76 bits per heavy atom. The number of nitrogens with one attached hydrogen (secondary N) is 1. The summed E-state index contributed by atoms with van der Waals surface area (Å²) in [4.78, 5) is 4.61. The van der Waals surface area contributed by atoms with E-state index in [-0.39, 0.29) is 0 Å². The molecule has 2 aromatic carbocycles. The van der Waals surface area contributed by atoms with E-state index < -0.39 is 0 Å². The van der Waals surface area contributed by atoms with Crippen LogP contribution in [0.4, 0.5) is 5.69 Å². The molecule has 0 radical (unpaired) electrons. The first-order chi connectivity index (χ1) is 14.2. The number of hydrogen-bond donors (Lipinski definition) is 1. The number of nitriles is 1. The second kappa shape index (κ2) is 10.3. The smallest absolute Gasteiger partial charge is 0.136 e. The molecular weight excluding hydrogens is 382 g/mol. The second-order valence-corrected chi connectivity index (χ2v) is 7.17. The van der Waals surface area contributed by atoms with E-state index in [0.717, 1.165) is 41.3 Å². The summed E-state index contributed by atoms with van der Waals surface area (Å²) in [5.41, 5.74) is 3.15. The number of thiazole rings is 1. The molecule has 148 valence electrons. The minimum atomic E-state index is 0.479. The molecule has 0 saturated heterocycles. The van der Waals surface area contributed by atoms with Gasteiger partial charge in [-0.05, 0) is 42.8 Å². The Bertz CT molecular complexity index is 1000. The van der Waals surface area contributed by atoms with Crippen molar-refractivity contribution in [3.8, 4) is 28.8 Å². The largest absolute Gasteiger partial charge is 0.497 e. The molecule has 0 aliphatic heterocycles. The fraction of sp³-hybridized carbons (Fsp3) is 0.217. The van der Waals surface area contributed by atoms with Gasteiger partial charge in [-0.25, -0.2) is 4.98 Å². The van der Waals surface area contributed by atoms with Crippen LogP contribution in [0.1, 0.15) is 24.8 Å². The molecule has 1 heterocycles. The Morgan fingerprint density at radius 2 is 2.03 bits per heavy atom. The van der Waals surface area contributed by atoms with Gasteiger partial charge in [-0.3, -0.25) is 0 Å². The number of anilines is 1. The zero-order valence-electron chi connectivity index (χ0n) is 16.5. The van der Waals surface area contributed by atoms with Crippen LogP contribution in [-0.4, -0.2) is 18.7 Å². The molecule has 0 atom stereocenters. The molecule has 0 amide bonds. The van der Waals surface area contributed by atoms with Gasteiger partial charge in [0.25, 0.3) is 0 Å². The van der Waals surface area contributed by atoms with Crippen LogP contribution < -0.4 is 14.8 Å². The fourth-order valence-electron chi connectivity index (χ4n) is 2.60. The van der Waals surface area contributed by atoms with E-state index >= 15 is 0 Å². The van der Waals surface area contributed by atoms with Crippen molar-refractivity contribution < 1.29 is 9.47 Å². The summed E-state index contributed by atoms with van der Waals surface area (Å²) in [6.45, 7) is 2.83. The van der Waals surface area contributed by atoms with Crippen LogP contribution in [0.5, 0.6) is 11.5 Å². The van der Waals surface area contributed by atoms with Crippen LogP contribution in [0.25, 0.3) is 16.8 Å². The number of nitrogens with zero attached hydrogens (tertiary/aromatic N) is 2. The highest BCUT2D eigenvalue weighted by atomic mass is 32.1. The van der Waals surface area contributed by atoms with Crippen molar-refractivity contribution in [3.05, 3.63) is 65.1 Å². The van der Waals surface area contributed by atoms with Crippen molar-refractivity contribution in [1.82, 2.24) is 4.98 Å². The third-order valence-electron chi connectivity index (χ3n) is 4.22. The van der Waals surface area contributed by atoms with E-state index in [4.69, 9.17) is 9.47 Å². The quantitative estimate of drug-likeness (QED) is 0.351. The number of ether oxygens (including phenoxy) is 2. The molecule has 5 nitrogen and oxygen atoms in total. The van der Waals surface area contributed by atoms with Crippen molar-refractivity contribution in [3.63, 3.8) is 0 Å². The number of aromatic nitrogens is 1. The molecule has 3 aromatic rings. The molecule has 0 aliphatic rings. The number of allylic oxidation sites excluding steroid dienone is 1. The van der Waals surface area contributed by atoms with Crippen LogP contribution >= 0.6 is 11.3 Å². The second-order valence-electron chi connectivity index (χ2n) is 6.31. The SMILES string of the molecule is CCCCOc1cccc(N/C=C(\C#N)c2nc(-c3ccc(OC)cc3)cs2)c1. The summed E-state index contributed by atoms with van der Waals surface area (Å²) in [6, 6.07) is 17.6. The Balaban J connectivity index is 1.71. The lowest BCUT2D eigenvalue weighted by atomic mass is 10.2. The summed E-state index contributed by atoms with van der Waals surface area (Å²) in [6.07, 6.45) is 3.80. The summed E-state index contributed by atoms with van der Waals surface area (Å²) >= 11 is 1.44.